The van der Waals surface area contributed by atoms with E-state index >= 15 is 0 Å². The minimum Gasteiger partial charge on any atom is -0.497 e. The van der Waals surface area contributed by atoms with Gasteiger partial charge in [0.2, 0.25) is 5.91 Å². The third-order valence-corrected chi connectivity index (χ3v) is 7.84. The number of carbonyl (C=O) groups excluding carboxylic acids is 2. The average Bonchev–Trinajstić information content (AvgIpc) is 3.42. The van der Waals surface area contributed by atoms with Crippen LogP contribution in [0.3, 0.4) is 0 Å². The lowest BCUT2D eigenvalue weighted by molar-refractivity contribution is -0.143. The summed E-state index contributed by atoms with van der Waals surface area (Å²) >= 11 is 0. The van der Waals surface area contributed by atoms with E-state index in [1.807, 2.05) is 24.3 Å². The number of hydrogen-bond donors (Lipinski definition) is 2. The van der Waals surface area contributed by atoms with Crippen LogP contribution in [0.25, 0.3) is 16.9 Å². The largest absolute Gasteiger partial charge is 0.497 e. The number of carbonyl (C=O) groups is 2. The van der Waals surface area contributed by atoms with Crippen LogP contribution in [-0.2, 0) is 17.5 Å². The first kappa shape index (κ1) is 31.0. The van der Waals surface area contributed by atoms with Gasteiger partial charge < -0.3 is 20.1 Å². The van der Waals surface area contributed by atoms with Crippen molar-refractivity contribution >= 4 is 17.5 Å². The van der Waals surface area contributed by atoms with E-state index in [2.05, 4.69) is 20.3 Å². The van der Waals surface area contributed by atoms with E-state index in [4.69, 9.17) is 4.74 Å². The number of methoxy groups -OCH3 is 1. The second kappa shape index (κ2) is 12.6. The monoisotopic (exact) mass is 610 g/mol. The van der Waals surface area contributed by atoms with Crippen LogP contribution in [0.5, 0.6) is 5.75 Å². The van der Waals surface area contributed by atoms with Gasteiger partial charge in [0.05, 0.1) is 31.6 Å². The molecule has 1 unspecified atom stereocenters. The van der Waals surface area contributed by atoms with E-state index in [0.717, 1.165) is 17.3 Å². The zero-order valence-corrected chi connectivity index (χ0v) is 24.6. The summed E-state index contributed by atoms with van der Waals surface area (Å²) < 4.78 is 48.8. The van der Waals surface area contributed by atoms with E-state index in [1.165, 1.54) is 21.0 Å². The number of fused-ring (bicyclic) bond motifs is 1. The second-order valence-corrected chi connectivity index (χ2v) is 10.6. The molecule has 0 radical (unpaired) electrons. The number of rotatable bonds is 8. The number of benzene rings is 2. The van der Waals surface area contributed by atoms with Crippen molar-refractivity contribution in [3.05, 3.63) is 82.7 Å². The Balaban J connectivity index is 1.39. The first-order chi connectivity index (χ1) is 21.0. The molecule has 1 aliphatic heterocycles. The van der Waals surface area contributed by atoms with Crippen molar-refractivity contribution in [2.45, 2.75) is 32.6 Å². The van der Waals surface area contributed by atoms with Crippen LogP contribution >= 0.6 is 0 Å². The van der Waals surface area contributed by atoms with Crippen molar-refractivity contribution in [1.29, 1.82) is 0 Å². The van der Waals surface area contributed by atoms with Gasteiger partial charge in [-0.1, -0.05) is 24.3 Å². The number of alkyl halides is 3. The van der Waals surface area contributed by atoms with E-state index < -0.39 is 17.8 Å². The number of piperazine rings is 1. The molecule has 1 saturated heterocycles. The number of aliphatic hydroxyl groups is 1. The molecular weight excluding hydrogens is 577 g/mol. The van der Waals surface area contributed by atoms with Crippen LogP contribution in [0.15, 0.2) is 54.7 Å². The first-order valence-corrected chi connectivity index (χ1v) is 14.1. The molecular formula is C31H33F3N6O4. The van der Waals surface area contributed by atoms with Crippen molar-refractivity contribution in [3.63, 3.8) is 0 Å². The van der Waals surface area contributed by atoms with Gasteiger partial charge in [0.1, 0.15) is 11.3 Å². The maximum absolute atomic E-state index is 14.3. The minimum absolute atomic E-state index is 0.0249. The summed E-state index contributed by atoms with van der Waals surface area (Å²) in [6.07, 6.45) is -3.61. The lowest BCUT2D eigenvalue weighted by Gasteiger charge is -2.38. The van der Waals surface area contributed by atoms with E-state index in [1.54, 1.807) is 29.2 Å². The molecule has 5 rings (SSSR count). The standard InChI is InChI=1S/C31H33F3N6O4/c1-19-27(22-7-9-24(44-3)10-8-22)37-29-25(17-36-40(29)28(19)31(32,33)34)30(43)39-13-11-38(12-14-39)26(18-41)23-6-4-5-21(15-23)16-35-20(2)42/h4-10,15,17,26,41H,11-14,16,18H2,1-3H3,(H,35,42). The number of aliphatic hydroxyl groups excluding tert-OH is 1. The summed E-state index contributed by atoms with van der Waals surface area (Å²) in [5, 5.41) is 17.0. The Bertz CT molecular complexity index is 1660. The molecule has 2 N–H and O–H groups in total. The maximum Gasteiger partial charge on any atom is 0.433 e. The highest BCUT2D eigenvalue weighted by molar-refractivity contribution is 6.00. The fourth-order valence-electron chi connectivity index (χ4n) is 5.56. The Hall–Kier alpha value is -4.49. The fourth-order valence-corrected chi connectivity index (χ4v) is 5.56. The molecule has 0 spiro atoms. The Morgan fingerprint density at radius 1 is 1.09 bits per heavy atom. The summed E-state index contributed by atoms with van der Waals surface area (Å²) in [7, 11) is 1.49. The SMILES string of the molecule is COc1ccc(-c2nc3c(C(=O)N4CCN(C(CO)c5cccc(CNC(C)=O)c5)CC4)cnn3c(C(F)(F)F)c2C)cc1. The van der Waals surface area contributed by atoms with Gasteiger partial charge in [-0.25, -0.2) is 9.50 Å². The van der Waals surface area contributed by atoms with Crippen LogP contribution < -0.4 is 10.1 Å². The Morgan fingerprint density at radius 2 is 1.80 bits per heavy atom. The van der Waals surface area contributed by atoms with Gasteiger partial charge in [0.25, 0.3) is 5.91 Å². The van der Waals surface area contributed by atoms with Crippen LogP contribution in [0.2, 0.25) is 0 Å². The molecule has 1 atom stereocenters. The zero-order valence-electron chi connectivity index (χ0n) is 24.6. The quantitative estimate of drug-likeness (QED) is 0.312. The predicted molar refractivity (Wildman–Crippen MR) is 156 cm³/mol. The van der Waals surface area contributed by atoms with Gasteiger partial charge in [-0.2, -0.15) is 18.3 Å². The van der Waals surface area contributed by atoms with E-state index in [9.17, 15) is 27.9 Å². The van der Waals surface area contributed by atoms with Crippen LogP contribution in [0, 0.1) is 6.92 Å². The highest BCUT2D eigenvalue weighted by Crippen LogP contribution is 2.37. The van der Waals surface area contributed by atoms with E-state index in [-0.39, 0.29) is 41.0 Å². The zero-order chi connectivity index (χ0) is 31.6. The Labute approximate surface area is 252 Å². The number of halogens is 3. The number of aromatic nitrogens is 3. The maximum atomic E-state index is 14.3. The lowest BCUT2D eigenvalue weighted by atomic mass is 10.0. The van der Waals surface area contributed by atoms with Crippen molar-refractivity contribution in [2.75, 3.05) is 39.9 Å². The number of nitrogens with one attached hydrogen (secondary N) is 1. The number of hydrogen-bond acceptors (Lipinski definition) is 7. The topological polar surface area (TPSA) is 112 Å². The first-order valence-electron chi connectivity index (χ1n) is 14.1. The summed E-state index contributed by atoms with van der Waals surface area (Å²) in [5.41, 5.74) is 1.01. The molecule has 13 heteroatoms. The molecule has 2 aromatic heterocycles. The van der Waals surface area contributed by atoms with Gasteiger partial charge >= 0.3 is 6.18 Å². The molecule has 2 amide bonds. The van der Waals surface area contributed by atoms with Gasteiger partial charge in [-0.3, -0.25) is 14.5 Å². The third-order valence-electron chi connectivity index (χ3n) is 7.84. The Kier molecular flexibility index (Phi) is 8.88. The molecule has 0 bridgehead atoms. The molecule has 232 valence electrons. The van der Waals surface area contributed by atoms with Gasteiger partial charge in [0.15, 0.2) is 11.3 Å². The summed E-state index contributed by atoms with van der Waals surface area (Å²) in [6.45, 7) is 4.46. The molecule has 3 heterocycles. The summed E-state index contributed by atoms with van der Waals surface area (Å²) in [4.78, 5) is 33.1. The normalized spacial score (nSPS) is 14.9. The third kappa shape index (κ3) is 6.24. The van der Waals surface area contributed by atoms with Crippen LogP contribution in [0.1, 0.15) is 45.7 Å². The van der Waals surface area contributed by atoms with Crippen molar-refractivity contribution in [2.24, 2.45) is 0 Å². The molecule has 1 fully saturated rings. The molecule has 1 aliphatic rings. The van der Waals surface area contributed by atoms with Gasteiger partial charge in [-0.05, 0) is 42.3 Å². The smallest absolute Gasteiger partial charge is 0.433 e. The second-order valence-electron chi connectivity index (χ2n) is 10.6. The number of ether oxygens (including phenoxy) is 1. The van der Waals surface area contributed by atoms with Crippen molar-refractivity contribution in [1.82, 2.24) is 29.7 Å². The van der Waals surface area contributed by atoms with Gasteiger partial charge in [0, 0.05) is 50.8 Å². The van der Waals surface area contributed by atoms with Crippen molar-refractivity contribution < 1.29 is 32.6 Å². The molecule has 0 saturated carbocycles. The highest BCUT2D eigenvalue weighted by Gasteiger charge is 2.39. The predicted octanol–water partition coefficient (Wildman–Crippen LogP) is 3.86. The van der Waals surface area contributed by atoms with Gasteiger partial charge in [-0.15, -0.1) is 0 Å². The number of amides is 2. The molecule has 44 heavy (non-hydrogen) atoms. The summed E-state index contributed by atoms with van der Waals surface area (Å²) in [6, 6.07) is 13.8. The van der Waals surface area contributed by atoms with Crippen LogP contribution in [0.4, 0.5) is 13.2 Å². The average molecular weight is 611 g/mol. The van der Waals surface area contributed by atoms with E-state index in [0.29, 0.717) is 48.6 Å². The lowest BCUT2D eigenvalue weighted by Crippen LogP contribution is -2.50. The highest BCUT2D eigenvalue weighted by atomic mass is 19.4. The minimum atomic E-state index is -4.75. The van der Waals surface area contributed by atoms with Crippen molar-refractivity contribution in [3.8, 4) is 17.0 Å². The molecule has 10 nitrogen and oxygen atoms in total. The Morgan fingerprint density at radius 3 is 2.41 bits per heavy atom. The van der Waals surface area contributed by atoms with Crippen LogP contribution in [-0.4, -0.2) is 81.2 Å². The summed E-state index contributed by atoms with van der Waals surface area (Å²) in [5.74, 6) is -0.0651. The molecule has 2 aromatic carbocycles. The fraction of sp³-hybridized carbons (Fsp3) is 0.355. The molecule has 4 aromatic rings. The molecule has 0 aliphatic carbocycles. The number of nitrogens with zero attached hydrogens (tertiary/aromatic N) is 5.